The number of methoxy groups -OCH3 is 1. The van der Waals surface area contributed by atoms with E-state index in [1.165, 1.54) is 77.1 Å². The maximum atomic E-state index is 13.6. The van der Waals surface area contributed by atoms with E-state index >= 15 is 0 Å². The number of nitrogens with zero attached hydrogens (tertiary/aromatic N) is 2. The third kappa shape index (κ3) is 24.7. The molecule has 2 aliphatic carbocycles. The summed E-state index contributed by atoms with van der Waals surface area (Å²) in [5.41, 5.74) is 4.89. The molecule has 0 bridgehead atoms. The second-order valence-electron chi connectivity index (χ2n) is 23.3. The average Bonchev–Trinajstić information content (AvgIpc) is 1.19. The summed E-state index contributed by atoms with van der Waals surface area (Å²) in [5.74, 6) is 1.68. The Labute approximate surface area is 579 Å². The molecule has 468 valence electrons. The van der Waals surface area contributed by atoms with E-state index in [0.717, 1.165) is 56.1 Å². The first-order valence-corrected chi connectivity index (χ1v) is 29.6. The zero-order chi connectivity index (χ0) is 63.0. The minimum atomic E-state index is -0.682. The fraction of sp³-hybridized carbons (Fsp3) is 0.394. The number of aryl methyl sites for hydroxylation is 1. The van der Waals surface area contributed by atoms with E-state index in [1.54, 1.807) is 63.1 Å². The second kappa shape index (κ2) is 39.8. The van der Waals surface area contributed by atoms with Crippen molar-refractivity contribution in [2.75, 3.05) is 14.2 Å². The molecule has 5 aromatic carbocycles. The van der Waals surface area contributed by atoms with Gasteiger partial charge < -0.3 is 41.6 Å². The van der Waals surface area contributed by atoms with Crippen LogP contribution in [0.3, 0.4) is 0 Å². The van der Waals surface area contributed by atoms with Crippen molar-refractivity contribution in [3.63, 3.8) is 0 Å². The Bertz CT molecular complexity index is 3130. The Morgan fingerprint density at radius 2 is 1.16 bits per heavy atom. The minimum absolute atomic E-state index is 0. The molecule has 1 aromatic heterocycles. The number of ether oxygens (including phenoxy) is 3. The number of benzene rings is 5. The van der Waals surface area contributed by atoms with Gasteiger partial charge in [-0.3, -0.25) is 19.5 Å². The predicted molar refractivity (Wildman–Crippen MR) is 336 cm³/mol. The summed E-state index contributed by atoms with van der Waals surface area (Å²) in [7, 11) is 2.41. The van der Waals surface area contributed by atoms with Crippen LogP contribution in [0.5, 0.6) is 5.75 Å². The normalized spacial score (nSPS) is 20.8. The molecule has 0 radical (unpaired) electrons. The number of nitrogens with one attached hydrogen (secondary N) is 1. The summed E-state index contributed by atoms with van der Waals surface area (Å²) < 4.78 is 54.7. The van der Waals surface area contributed by atoms with E-state index in [1.807, 2.05) is 25.1 Å². The number of hydrogen-bond acceptors (Lipinski definition) is 10. The number of ketones is 2. The van der Waals surface area contributed by atoms with Crippen LogP contribution in [0, 0.1) is 54.1 Å². The predicted octanol–water partition coefficient (Wildman–Crippen LogP) is 9.68. The summed E-state index contributed by atoms with van der Waals surface area (Å²) in [5, 5.41) is 11.3. The second-order valence-corrected chi connectivity index (χ2v) is 23.6. The summed E-state index contributed by atoms with van der Waals surface area (Å²) in [6.07, 6.45) is 14.1. The van der Waals surface area contributed by atoms with Crippen LogP contribution in [0.25, 0.3) is 0 Å². The van der Waals surface area contributed by atoms with Crippen LogP contribution in [0.1, 0.15) is 140 Å². The number of pyridine rings is 1. The van der Waals surface area contributed by atoms with Crippen molar-refractivity contribution in [3.8, 4) is 5.75 Å². The molecule has 2 saturated carbocycles. The van der Waals surface area contributed by atoms with Crippen molar-refractivity contribution in [2.45, 2.75) is 142 Å². The molecule has 1 N–H and O–H groups in total. The fourth-order valence-corrected chi connectivity index (χ4v) is 11.7. The largest absolute Gasteiger partial charge is 2.00 e. The number of hydrogen-bond donors (Lipinski definition) is 1. The molecule has 8 atom stereocenters. The SMILES string of the molecule is CC1=CN(C(=O)O[C@@H]2C[C@H](C)CC[C@H]2C(C)(C)c2ccccc2)[C@H](c2ccc(F)cc2)CC1=O.COc1ccncc1C.C[C@@H]1CC[C@@H](C(C)(C)c2ccccc2)[C@H](OC(=O)Cl)C1.C[O-].Fc1cc[c-]cc1.O=C1C=CN[C@H](c2ccc(F)cc2)C1.[Br-].[Mg+2].[Na+]. The third-order valence-electron chi connectivity index (χ3n) is 16.6. The first kappa shape index (κ1) is 79.8. The van der Waals surface area contributed by atoms with Crippen molar-refractivity contribution in [3.05, 3.63) is 227 Å². The van der Waals surface area contributed by atoms with E-state index in [0.29, 0.717) is 35.3 Å². The molecule has 2 fully saturated rings. The first-order valence-electron chi connectivity index (χ1n) is 29.2. The zero-order valence-electron chi connectivity index (χ0n) is 53.2. The Balaban J connectivity index is 0.000000416. The van der Waals surface area contributed by atoms with Gasteiger partial charge in [0.2, 0.25) is 0 Å². The van der Waals surface area contributed by atoms with E-state index in [-0.39, 0.29) is 140 Å². The molecule has 2 aliphatic heterocycles. The van der Waals surface area contributed by atoms with Gasteiger partial charge in [0, 0.05) is 78.0 Å². The minimum Gasteiger partial charge on any atom is -1.00 e. The molecule has 1 amide bonds. The number of aromatic nitrogens is 1. The van der Waals surface area contributed by atoms with Crippen LogP contribution >= 0.6 is 11.6 Å². The van der Waals surface area contributed by atoms with E-state index in [4.69, 9.17) is 30.9 Å². The number of amides is 1. The van der Waals surface area contributed by atoms with Crippen LogP contribution < -0.4 is 61.7 Å². The van der Waals surface area contributed by atoms with Crippen molar-refractivity contribution in [1.82, 2.24) is 15.2 Å². The van der Waals surface area contributed by atoms with Gasteiger partial charge in [-0.25, -0.2) is 22.8 Å². The standard InChI is InChI=1S/C29H34FNO3.C17H23ClO2.C11H10FNO.C7H9NO.C6H4F.CH3O.BrH.Mg.Na/c1-19-10-15-24(29(3,4)22-8-6-5-7-9-22)27(16-19)34-28(33)31-18-20(2)26(32)17-25(31)21-11-13-23(30)14-12-21;1-12-9-10-14(15(11-12)20-16(18)19)17(2,3)13-7-5-4-6-8-13;12-9-3-1-8(2-4-9)11-7-10(14)5-6-13-11;1-6-5-8-4-3-7(6)9-2;7-6-4-2-1-3-5-6;1-2;;;/h5-9,11-14,18-19,24-25,27H,10,15-17H2,1-4H3;4-8,12,14-15H,9-11H2,1-3H3;1-6,11,13H,7H2;3-5H,1-2H3;2-5H;1H3;1H;;/q;;;;2*-1;;+2;+1/p-1/t19-,24-,25+,27-;12-,14-,15-;11-;;;;;;/m110....../s1. The molecule has 0 spiro atoms. The molecule has 11 nitrogen and oxygen atoms in total. The van der Waals surface area contributed by atoms with Crippen molar-refractivity contribution < 1.29 is 98.2 Å². The smallest absolute Gasteiger partial charge is 1.00 e. The number of carbonyl (C=O) groups is 4. The molecule has 10 rings (SSSR count). The maximum Gasteiger partial charge on any atom is 2.00 e. The monoisotopic (exact) mass is 1320 g/mol. The van der Waals surface area contributed by atoms with E-state index in [9.17, 15) is 32.3 Å². The van der Waals surface area contributed by atoms with E-state index < -0.39 is 17.6 Å². The molecule has 4 aliphatic rings. The van der Waals surface area contributed by atoms with Gasteiger partial charge in [-0.05, 0) is 121 Å². The van der Waals surface area contributed by atoms with Crippen LogP contribution in [0.15, 0.2) is 176 Å². The molecule has 0 saturated heterocycles. The van der Waals surface area contributed by atoms with Gasteiger partial charge in [-0.15, -0.1) is 12.1 Å². The molecular weight excluding hydrogens is 1240 g/mol. The first-order chi connectivity index (χ1) is 41.1. The third-order valence-corrected chi connectivity index (χ3v) is 16.6. The van der Waals surface area contributed by atoms with Crippen molar-refractivity contribution >= 4 is 57.7 Å². The van der Waals surface area contributed by atoms with Gasteiger partial charge in [0.1, 0.15) is 29.6 Å². The number of rotatable bonds is 9. The summed E-state index contributed by atoms with van der Waals surface area (Å²) in [6.45, 7) is 17.0. The van der Waals surface area contributed by atoms with Gasteiger partial charge in [-0.1, -0.05) is 139 Å². The van der Waals surface area contributed by atoms with Gasteiger partial charge in [0.05, 0.1) is 19.2 Å². The van der Waals surface area contributed by atoms with Crippen LogP contribution in [0.4, 0.5) is 22.8 Å². The van der Waals surface area contributed by atoms with Crippen molar-refractivity contribution in [2.24, 2.45) is 23.7 Å². The molecule has 3 heterocycles. The van der Waals surface area contributed by atoms with Crippen LogP contribution in [-0.4, -0.2) is 82.5 Å². The molecule has 89 heavy (non-hydrogen) atoms. The van der Waals surface area contributed by atoms with Gasteiger partial charge in [0.25, 0.3) is 0 Å². The number of carbonyl (C=O) groups excluding carboxylic acids is 4. The van der Waals surface area contributed by atoms with Gasteiger partial charge in [-0.2, -0.15) is 25.3 Å². The Hall–Kier alpha value is -5.30. The summed E-state index contributed by atoms with van der Waals surface area (Å²) >= 11 is 5.46. The fourth-order valence-electron chi connectivity index (χ4n) is 11.5. The summed E-state index contributed by atoms with van der Waals surface area (Å²) in [4.78, 5) is 53.7. The Kier molecular flexibility index (Phi) is 35.7. The average molecular weight is 1330 g/mol. The number of allylic oxidation sites excluding steroid dienone is 2. The molecule has 0 unspecified atom stereocenters. The van der Waals surface area contributed by atoms with Crippen LogP contribution in [-0.2, 0) is 29.9 Å². The molecular formula is C71H83BrClF3MgN3NaO8. The topological polar surface area (TPSA) is 147 Å². The quantitative estimate of drug-likeness (QED) is 0.0844. The Morgan fingerprint density at radius 3 is 1.58 bits per heavy atom. The van der Waals surface area contributed by atoms with Crippen LogP contribution in [0.2, 0.25) is 0 Å². The number of halogens is 5. The zero-order valence-corrected chi connectivity index (χ0v) is 59.0. The molecule has 6 aromatic rings. The maximum absolute atomic E-state index is 13.6. The van der Waals surface area contributed by atoms with Crippen molar-refractivity contribution in [1.29, 1.82) is 0 Å². The Morgan fingerprint density at radius 1 is 0.685 bits per heavy atom. The van der Waals surface area contributed by atoms with Gasteiger partial charge >= 0.3 is 64.1 Å². The van der Waals surface area contributed by atoms with E-state index in [2.05, 4.69) is 106 Å². The summed E-state index contributed by atoms with van der Waals surface area (Å²) in [6, 6.07) is 42.8. The number of Topliss-reactive ketones (excluding diaryl/α,β-unsaturated/α-hetero) is 1. The molecule has 18 heteroatoms. The van der Waals surface area contributed by atoms with Gasteiger partial charge in [0.15, 0.2) is 11.6 Å².